The average Bonchev–Trinajstić information content (AvgIpc) is 2.68. The molecule has 104 valence electrons. The highest BCUT2D eigenvalue weighted by Crippen LogP contribution is 2.30. The van der Waals surface area contributed by atoms with Gasteiger partial charge in [-0.1, -0.05) is 6.07 Å². The second-order valence-corrected chi connectivity index (χ2v) is 5.70. The molecule has 0 unspecified atom stereocenters. The monoisotopic (exact) mass is 265 g/mol. The topological polar surface area (TPSA) is 67.8 Å². The zero-order valence-corrected chi connectivity index (χ0v) is 11.6. The SMILES string of the molecule is CC(C)(O)C(C)(C)OOc1cccc2c1CNC2=O. The summed E-state index contributed by atoms with van der Waals surface area (Å²) in [5.74, 6) is 0.385. The third-order valence-electron chi connectivity index (χ3n) is 3.62. The minimum atomic E-state index is -1.06. The van der Waals surface area contributed by atoms with Crippen LogP contribution < -0.4 is 10.2 Å². The summed E-state index contributed by atoms with van der Waals surface area (Å²) in [4.78, 5) is 22.2. The summed E-state index contributed by atoms with van der Waals surface area (Å²) < 4.78 is 0. The molecule has 0 bridgehead atoms. The highest BCUT2D eigenvalue weighted by molar-refractivity contribution is 5.99. The van der Waals surface area contributed by atoms with E-state index in [1.165, 1.54) is 0 Å². The standard InChI is InChI=1S/C14H19NO4/c1-13(2,17)14(3,4)19-18-11-7-5-6-9-10(11)8-15-12(9)16/h5-7,17H,8H2,1-4H3,(H,15,16). The summed E-state index contributed by atoms with van der Waals surface area (Å²) in [5.41, 5.74) is -0.564. The first-order chi connectivity index (χ1) is 8.72. The zero-order valence-electron chi connectivity index (χ0n) is 11.6. The first kappa shape index (κ1) is 13.8. The summed E-state index contributed by atoms with van der Waals surface area (Å²) in [5, 5.41) is 12.7. The number of benzene rings is 1. The third kappa shape index (κ3) is 2.57. The molecule has 0 aromatic heterocycles. The fourth-order valence-electron chi connectivity index (χ4n) is 1.55. The smallest absolute Gasteiger partial charge is 0.252 e. The van der Waals surface area contributed by atoms with Gasteiger partial charge in [0.1, 0.15) is 5.60 Å². The zero-order chi connectivity index (χ0) is 14.3. The number of aliphatic hydroxyl groups is 1. The Kier molecular flexibility index (Phi) is 3.28. The predicted molar refractivity (Wildman–Crippen MR) is 69.7 cm³/mol. The van der Waals surface area contributed by atoms with Crippen LogP contribution in [-0.4, -0.2) is 22.2 Å². The molecule has 0 fully saturated rings. The van der Waals surface area contributed by atoms with Gasteiger partial charge in [0, 0.05) is 17.7 Å². The van der Waals surface area contributed by atoms with Gasteiger partial charge in [-0.05, 0) is 39.8 Å². The van der Waals surface area contributed by atoms with E-state index < -0.39 is 11.2 Å². The van der Waals surface area contributed by atoms with Gasteiger partial charge in [0.25, 0.3) is 5.91 Å². The normalized spacial score (nSPS) is 15.1. The molecule has 1 amide bonds. The molecule has 1 aliphatic heterocycles. The predicted octanol–water partition coefficient (Wildman–Crippen LogP) is 1.79. The Morgan fingerprint density at radius 2 is 1.95 bits per heavy atom. The van der Waals surface area contributed by atoms with E-state index >= 15 is 0 Å². The number of rotatable bonds is 4. The van der Waals surface area contributed by atoms with Crippen LogP contribution in [0, 0.1) is 0 Å². The maximum atomic E-state index is 11.5. The molecule has 0 saturated heterocycles. The summed E-state index contributed by atoms with van der Waals surface area (Å²) in [6.07, 6.45) is 0. The van der Waals surface area contributed by atoms with E-state index in [-0.39, 0.29) is 5.91 Å². The number of hydrogen-bond acceptors (Lipinski definition) is 4. The Morgan fingerprint density at radius 3 is 2.58 bits per heavy atom. The molecule has 1 aromatic rings. The quantitative estimate of drug-likeness (QED) is 0.643. The van der Waals surface area contributed by atoms with Gasteiger partial charge in [-0.3, -0.25) is 4.79 Å². The van der Waals surface area contributed by atoms with Crippen molar-refractivity contribution in [1.82, 2.24) is 5.32 Å². The van der Waals surface area contributed by atoms with Crippen LogP contribution in [0.5, 0.6) is 5.75 Å². The number of hydrogen-bond donors (Lipinski definition) is 2. The molecular weight excluding hydrogens is 246 g/mol. The van der Waals surface area contributed by atoms with Crippen molar-refractivity contribution < 1.29 is 19.7 Å². The van der Waals surface area contributed by atoms with Gasteiger partial charge >= 0.3 is 0 Å². The van der Waals surface area contributed by atoms with Crippen LogP contribution >= 0.6 is 0 Å². The molecule has 1 aromatic carbocycles. The molecule has 5 nitrogen and oxygen atoms in total. The maximum absolute atomic E-state index is 11.5. The lowest BCUT2D eigenvalue weighted by atomic mass is 9.90. The highest BCUT2D eigenvalue weighted by Gasteiger charge is 2.38. The molecule has 1 aliphatic rings. The van der Waals surface area contributed by atoms with Gasteiger partial charge in [-0.25, -0.2) is 0 Å². The molecule has 0 radical (unpaired) electrons. The molecule has 2 N–H and O–H groups in total. The van der Waals surface area contributed by atoms with Crippen LogP contribution in [0.25, 0.3) is 0 Å². The lowest BCUT2D eigenvalue weighted by Gasteiger charge is -2.35. The largest absolute Gasteiger partial charge is 0.387 e. The van der Waals surface area contributed by atoms with Crippen molar-refractivity contribution in [3.8, 4) is 5.75 Å². The lowest BCUT2D eigenvalue weighted by Crippen LogP contribution is -2.48. The second kappa shape index (κ2) is 4.51. The third-order valence-corrected chi connectivity index (χ3v) is 3.62. The molecule has 0 spiro atoms. The number of nitrogens with one attached hydrogen (secondary N) is 1. The van der Waals surface area contributed by atoms with E-state index in [0.717, 1.165) is 5.56 Å². The van der Waals surface area contributed by atoms with Gasteiger partial charge in [-0.2, -0.15) is 4.89 Å². The van der Waals surface area contributed by atoms with Crippen LogP contribution in [0.2, 0.25) is 0 Å². The first-order valence-electron chi connectivity index (χ1n) is 6.20. The van der Waals surface area contributed by atoms with Crippen molar-refractivity contribution in [1.29, 1.82) is 0 Å². The molecule has 5 heteroatoms. The summed E-state index contributed by atoms with van der Waals surface area (Å²) in [7, 11) is 0. The Morgan fingerprint density at radius 1 is 1.26 bits per heavy atom. The molecular formula is C14H19NO4. The second-order valence-electron chi connectivity index (χ2n) is 5.70. The van der Waals surface area contributed by atoms with Crippen LogP contribution in [0.4, 0.5) is 0 Å². The minimum absolute atomic E-state index is 0.109. The molecule has 0 atom stereocenters. The molecule has 0 saturated carbocycles. The van der Waals surface area contributed by atoms with E-state index in [4.69, 9.17) is 9.78 Å². The van der Waals surface area contributed by atoms with E-state index in [0.29, 0.717) is 17.9 Å². The molecule has 0 aliphatic carbocycles. The van der Waals surface area contributed by atoms with Crippen LogP contribution in [0.15, 0.2) is 18.2 Å². The number of carbonyl (C=O) groups is 1. The van der Waals surface area contributed by atoms with Gasteiger partial charge in [0.2, 0.25) is 0 Å². The number of fused-ring (bicyclic) bond motifs is 1. The Hall–Kier alpha value is -1.59. The number of amides is 1. The van der Waals surface area contributed by atoms with Crippen molar-refractivity contribution in [3.05, 3.63) is 29.3 Å². The van der Waals surface area contributed by atoms with Crippen LogP contribution in [0.3, 0.4) is 0 Å². The Labute approximate surface area is 112 Å². The Balaban J connectivity index is 2.16. The maximum Gasteiger partial charge on any atom is 0.252 e. The van der Waals surface area contributed by atoms with Crippen molar-refractivity contribution in [2.75, 3.05) is 0 Å². The minimum Gasteiger partial charge on any atom is -0.387 e. The molecule has 1 heterocycles. The first-order valence-corrected chi connectivity index (χ1v) is 6.20. The van der Waals surface area contributed by atoms with Crippen LogP contribution in [0.1, 0.15) is 43.6 Å². The Bertz CT molecular complexity index is 503. The van der Waals surface area contributed by atoms with Gasteiger partial charge in [-0.15, -0.1) is 0 Å². The average molecular weight is 265 g/mol. The molecule has 19 heavy (non-hydrogen) atoms. The van der Waals surface area contributed by atoms with Crippen molar-refractivity contribution in [2.45, 2.75) is 45.4 Å². The lowest BCUT2D eigenvalue weighted by molar-refractivity contribution is -0.321. The van der Waals surface area contributed by atoms with Gasteiger partial charge in [0.15, 0.2) is 5.75 Å². The van der Waals surface area contributed by atoms with Crippen molar-refractivity contribution >= 4 is 5.91 Å². The van der Waals surface area contributed by atoms with E-state index in [1.807, 2.05) is 0 Å². The summed E-state index contributed by atoms with van der Waals surface area (Å²) >= 11 is 0. The fourth-order valence-corrected chi connectivity index (χ4v) is 1.55. The van der Waals surface area contributed by atoms with Crippen molar-refractivity contribution in [3.63, 3.8) is 0 Å². The van der Waals surface area contributed by atoms with E-state index in [2.05, 4.69) is 5.32 Å². The van der Waals surface area contributed by atoms with E-state index in [9.17, 15) is 9.90 Å². The number of carbonyl (C=O) groups excluding carboxylic acids is 1. The molecule has 2 rings (SSSR count). The summed E-state index contributed by atoms with van der Waals surface area (Å²) in [6, 6.07) is 5.21. The fraction of sp³-hybridized carbons (Fsp3) is 0.500. The van der Waals surface area contributed by atoms with E-state index in [1.54, 1.807) is 45.9 Å². The van der Waals surface area contributed by atoms with Crippen molar-refractivity contribution in [2.24, 2.45) is 0 Å². The summed E-state index contributed by atoms with van der Waals surface area (Å²) in [6.45, 7) is 7.20. The van der Waals surface area contributed by atoms with Crippen LogP contribution in [-0.2, 0) is 11.4 Å². The van der Waals surface area contributed by atoms with Gasteiger partial charge in [0.05, 0.1) is 5.60 Å². The van der Waals surface area contributed by atoms with Gasteiger partial charge < -0.3 is 15.3 Å². The highest BCUT2D eigenvalue weighted by atomic mass is 17.2.